The molecule has 1 spiro atoms. The van der Waals surface area contributed by atoms with Gasteiger partial charge in [0, 0.05) is 60.3 Å². The van der Waals surface area contributed by atoms with Crippen LogP contribution in [0.1, 0.15) is 46.2 Å². The van der Waals surface area contributed by atoms with E-state index in [9.17, 15) is 10.1 Å². The fourth-order valence-corrected chi connectivity index (χ4v) is 5.85. The van der Waals surface area contributed by atoms with Crippen LogP contribution in [-0.2, 0) is 5.41 Å². The van der Waals surface area contributed by atoms with Crippen LogP contribution in [0.3, 0.4) is 0 Å². The molecule has 1 fully saturated rings. The molecule has 3 N–H and O–H groups in total. The number of amides is 1. The van der Waals surface area contributed by atoms with Gasteiger partial charge < -0.3 is 16.0 Å². The minimum atomic E-state index is -0.666. The molecule has 8 nitrogen and oxygen atoms in total. The Balaban J connectivity index is 1.55. The smallest absolute Gasteiger partial charge is 0.258 e. The molecule has 0 saturated heterocycles. The summed E-state index contributed by atoms with van der Waals surface area (Å²) < 4.78 is 17.4. The number of fused-ring (bicyclic) bond motifs is 2. The maximum Gasteiger partial charge on any atom is 0.258 e. The third kappa shape index (κ3) is 3.60. The van der Waals surface area contributed by atoms with Crippen LogP contribution in [0.15, 0.2) is 30.5 Å². The molecule has 1 aromatic carbocycles. The highest BCUT2D eigenvalue weighted by molar-refractivity contribution is 6.21. The molecular formula is C25H25ClFN7O. The molecule has 1 saturated carbocycles. The molecular weight excluding hydrogens is 469 g/mol. The molecule has 1 amide bonds. The number of rotatable bonds is 3. The predicted octanol–water partition coefficient (Wildman–Crippen LogP) is 3.85. The summed E-state index contributed by atoms with van der Waals surface area (Å²) in [5.74, 6) is -0.418. The first kappa shape index (κ1) is 23.1. The number of halogens is 2. The Hall–Kier alpha value is -3.64. The number of hydrogen-bond donors (Lipinski definition) is 2. The Morgan fingerprint density at radius 3 is 2.83 bits per heavy atom. The molecule has 3 aromatic rings. The van der Waals surface area contributed by atoms with Crippen LogP contribution in [0.25, 0.3) is 11.1 Å². The van der Waals surface area contributed by atoms with E-state index in [0.717, 1.165) is 17.1 Å². The maximum absolute atomic E-state index is 15.5. The molecule has 10 heteroatoms. The van der Waals surface area contributed by atoms with Crippen LogP contribution in [0.5, 0.6) is 0 Å². The lowest BCUT2D eigenvalue weighted by Crippen LogP contribution is -2.26. The van der Waals surface area contributed by atoms with Crippen LogP contribution < -0.4 is 11.1 Å². The predicted molar refractivity (Wildman–Crippen MR) is 132 cm³/mol. The largest absolute Gasteiger partial charge is 0.398 e. The first-order valence-electron chi connectivity index (χ1n) is 11.3. The van der Waals surface area contributed by atoms with Gasteiger partial charge in [-0.25, -0.2) is 9.37 Å². The van der Waals surface area contributed by atoms with Gasteiger partial charge in [-0.2, -0.15) is 10.4 Å². The summed E-state index contributed by atoms with van der Waals surface area (Å²) in [6.07, 6.45) is 2.99. The van der Waals surface area contributed by atoms with Gasteiger partial charge in [-0.15, -0.1) is 11.6 Å². The third-order valence-corrected chi connectivity index (χ3v) is 7.56. The van der Waals surface area contributed by atoms with Crippen molar-refractivity contribution < 1.29 is 9.18 Å². The van der Waals surface area contributed by atoms with E-state index in [0.29, 0.717) is 30.6 Å². The monoisotopic (exact) mass is 493 g/mol. The molecule has 0 radical (unpaired) electrons. The van der Waals surface area contributed by atoms with Crippen molar-refractivity contribution in [2.75, 3.05) is 31.7 Å². The second-order valence-electron chi connectivity index (χ2n) is 9.56. The molecule has 35 heavy (non-hydrogen) atoms. The first-order chi connectivity index (χ1) is 16.6. The van der Waals surface area contributed by atoms with Gasteiger partial charge >= 0.3 is 0 Å². The summed E-state index contributed by atoms with van der Waals surface area (Å²) in [5.41, 5.74) is 8.61. The number of nitrogens with zero attached hydrogens (tertiary/aromatic N) is 5. The number of anilines is 2. The van der Waals surface area contributed by atoms with Crippen LogP contribution in [-0.4, -0.2) is 51.6 Å². The van der Waals surface area contributed by atoms with Gasteiger partial charge in [0.1, 0.15) is 17.7 Å². The van der Waals surface area contributed by atoms with E-state index in [4.69, 9.17) is 17.3 Å². The van der Waals surface area contributed by atoms with Gasteiger partial charge in [-0.3, -0.25) is 9.48 Å². The van der Waals surface area contributed by atoms with Crippen LogP contribution in [0, 0.1) is 24.1 Å². The van der Waals surface area contributed by atoms with Crippen LogP contribution in [0.2, 0.25) is 0 Å². The van der Waals surface area contributed by atoms with Crippen molar-refractivity contribution in [3.05, 3.63) is 58.8 Å². The fraction of sp³-hybridized carbons (Fsp3) is 0.360. The van der Waals surface area contributed by atoms with Gasteiger partial charge in [-0.05, 0) is 44.0 Å². The SMILES string of the molecule is Cc1cc(C#N)nn1[C@H]1C[C@@]2(CNc3ncc(-c4ccc(N)c(C(=O)N(C)C)c4F)cc32)CC1Cl. The van der Waals surface area contributed by atoms with Gasteiger partial charge in [0.05, 0.1) is 17.0 Å². The molecule has 180 valence electrons. The number of nitrogens with one attached hydrogen (secondary N) is 1. The van der Waals surface area contributed by atoms with Gasteiger partial charge in [0.15, 0.2) is 5.69 Å². The van der Waals surface area contributed by atoms with Crippen molar-refractivity contribution in [3.8, 4) is 17.2 Å². The van der Waals surface area contributed by atoms with Crippen molar-refractivity contribution in [1.29, 1.82) is 5.26 Å². The minimum Gasteiger partial charge on any atom is -0.398 e. The number of aryl methyl sites for hydroxylation is 1. The number of nitrogens with two attached hydrogens (primary N) is 1. The maximum atomic E-state index is 15.5. The molecule has 1 aliphatic carbocycles. The van der Waals surface area contributed by atoms with Crippen molar-refractivity contribution in [3.63, 3.8) is 0 Å². The number of carbonyl (C=O) groups excluding carboxylic acids is 1. The van der Waals surface area contributed by atoms with Crippen molar-refractivity contribution in [2.24, 2.45) is 0 Å². The molecule has 5 rings (SSSR count). The van der Waals surface area contributed by atoms with E-state index in [1.165, 1.54) is 4.90 Å². The topological polar surface area (TPSA) is 113 Å². The summed E-state index contributed by atoms with van der Waals surface area (Å²) in [6.45, 7) is 2.57. The van der Waals surface area contributed by atoms with E-state index in [1.807, 2.05) is 17.7 Å². The Morgan fingerprint density at radius 2 is 2.14 bits per heavy atom. The molecule has 3 atom stereocenters. The molecule has 2 aromatic heterocycles. The van der Waals surface area contributed by atoms with Crippen molar-refractivity contribution in [1.82, 2.24) is 19.7 Å². The quantitative estimate of drug-likeness (QED) is 0.423. The average Bonchev–Trinajstić information content (AvgIpc) is 3.48. The van der Waals surface area contributed by atoms with E-state index < -0.39 is 11.7 Å². The third-order valence-electron chi connectivity index (χ3n) is 7.11. The lowest BCUT2D eigenvalue weighted by atomic mass is 9.80. The summed E-state index contributed by atoms with van der Waals surface area (Å²) in [6, 6.07) is 8.81. The normalized spacial score (nSPS) is 22.6. The standard InChI is InChI=1S/C25H25ClFN7O/c1-13-6-15(10-28)32-34(13)20-9-25(8-18(20)26)12-31-23-17(25)7-14(11-30-23)16-4-5-19(29)21(22(16)27)24(35)33(2)3/h4-7,11,18,20H,8-9,12,29H2,1-3H3,(H,30,31)/t18?,20-,25+/m0/s1. The average molecular weight is 494 g/mol. The molecule has 1 unspecified atom stereocenters. The summed E-state index contributed by atoms with van der Waals surface area (Å²) in [7, 11) is 3.11. The van der Waals surface area contributed by atoms with Gasteiger partial charge in [0.25, 0.3) is 5.91 Å². The zero-order valence-corrected chi connectivity index (χ0v) is 20.4. The number of hydrogen-bond acceptors (Lipinski definition) is 6. The number of benzene rings is 1. The Bertz CT molecular complexity index is 1400. The Morgan fingerprint density at radius 1 is 1.37 bits per heavy atom. The number of nitrogen functional groups attached to an aromatic ring is 1. The van der Waals surface area contributed by atoms with E-state index in [2.05, 4.69) is 21.5 Å². The Labute approximate surface area is 207 Å². The summed E-state index contributed by atoms with van der Waals surface area (Å²) in [4.78, 5) is 18.4. The highest BCUT2D eigenvalue weighted by atomic mass is 35.5. The summed E-state index contributed by atoms with van der Waals surface area (Å²) in [5, 5.41) is 16.9. The van der Waals surface area contributed by atoms with Gasteiger partial charge in [0.2, 0.25) is 0 Å². The lowest BCUT2D eigenvalue weighted by Gasteiger charge is -2.24. The fourth-order valence-electron chi connectivity index (χ4n) is 5.36. The van der Waals surface area contributed by atoms with Crippen molar-refractivity contribution in [2.45, 2.75) is 36.6 Å². The zero-order valence-electron chi connectivity index (χ0n) is 19.6. The van der Waals surface area contributed by atoms with Crippen LogP contribution >= 0.6 is 11.6 Å². The number of nitriles is 1. The zero-order chi connectivity index (χ0) is 25.1. The molecule has 2 aliphatic rings. The number of alkyl halides is 1. The van der Waals surface area contributed by atoms with Crippen LogP contribution in [0.4, 0.5) is 15.9 Å². The number of pyridine rings is 1. The highest BCUT2D eigenvalue weighted by Gasteiger charge is 2.51. The second-order valence-corrected chi connectivity index (χ2v) is 10.1. The molecule has 3 heterocycles. The lowest BCUT2D eigenvalue weighted by molar-refractivity contribution is 0.0824. The second kappa shape index (κ2) is 8.24. The minimum absolute atomic E-state index is 0.0900. The summed E-state index contributed by atoms with van der Waals surface area (Å²) >= 11 is 6.85. The van der Waals surface area contributed by atoms with Gasteiger partial charge in [-0.1, -0.05) is 0 Å². The molecule has 1 aliphatic heterocycles. The van der Waals surface area contributed by atoms with Crippen molar-refractivity contribution >= 4 is 29.0 Å². The Kier molecular flexibility index (Phi) is 5.44. The first-order valence-corrected chi connectivity index (χ1v) is 11.7. The number of aromatic nitrogens is 3. The molecule has 0 bridgehead atoms. The highest BCUT2D eigenvalue weighted by Crippen LogP contribution is 2.53. The van der Waals surface area contributed by atoms with E-state index in [1.54, 1.807) is 38.5 Å². The van der Waals surface area contributed by atoms with E-state index in [-0.39, 0.29) is 33.6 Å². The number of carbonyl (C=O) groups is 1. The van der Waals surface area contributed by atoms with E-state index >= 15 is 4.39 Å².